The minimum Gasteiger partial charge on any atom is -0.381 e. The summed E-state index contributed by atoms with van der Waals surface area (Å²) in [5.41, 5.74) is 6.48. The van der Waals surface area contributed by atoms with Crippen molar-refractivity contribution in [2.45, 2.75) is 50.4 Å². The van der Waals surface area contributed by atoms with E-state index in [9.17, 15) is 9.18 Å². The van der Waals surface area contributed by atoms with Crippen molar-refractivity contribution in [1.29, 1.82) is 0 Å². The van der Waals surface area contributed by atoms with E-state index in [0.29, 0.717) is 39.1 Å². The topological polar surface area (TPSA) is 64.4 Å². The Morgan fingerprint density at radius 1 is 1.08 bits per heavy atom. The Balaban J connectivity index is 1.74. The lowest BCUT2D eigenvalue weighted by Crippen LogP contribution is -2.52. The molecule has 4 nitrogen and oxygen atoms in total. The Kier molecular flexibility index (Phi) is 5.74. The minimum atomic E-state index is -0.503. The smallest absolute Gasteiger partial charge is 0.227 e. The van der Waals surface area contributed by atoms with Crippen LogP contribution in [0.5, 0.6) is 0 Å². The molecule has 138 valence electrons. The molecule has 1 amide bonds. The highest BCUT2D eigenvalue weighted by Gasteiger charge is 2.41. The Morgan fingerprint density at radius 2 is 1.72 bits per heavy atom. The van der Waals surface area contributed by atoms with Gasteiger partial charge in [-0.15, -0.1) is 0 Å². The third kappa shape index (κ3) is 3.87. The Bertz CT molecular complexity index is 576. The van der Waals surface area contributed by atoms with Gasteiger partial charge in [0.15, 0.2) is 0 Å². The number of amides is 1. The van der Waals surface area contributed by atoms with E-state index in [1.807, 2.05) is 12.1 Å². The summed E-state index contributed by atoms with van der Waals surface area (Å²) in [7, 11) is 0. The Hall–Kier alpha value is -1.46. The molecule has 1 aliphatic heterocycles. The molecule has 0 aromatic heterocycles. The molecule has 0 atom stereocenters. The van der Waals surface area contributed by atoms with Crippen LogP contribution in [-0.4, -0.2) is 32.2 Å². The van der Waals surface area contributed by atoms with Crippen molar-refractivity contribution in [3.8, 4) is 0 Å². The van der Waals surface area contributed by atoms with Crippen molar-refractivity contribution in [2.24, 2.45) is 11.1 Å². The number of hydrogen-bond donors (Lipinski definition) is 2. The van der Waals surface area contributed by atoms with Crippen molar-refractivity contribution in [2.75, 3.05) is 26.3 Å². The van der Waals surface area contributed by atoms with Crippen molar-refractivity contribution in [3.05, 3.63) is 35.6 Å². The summed E-state index contributed by atoms with van der Waals surface area (Å²) < 4.78 is 18.7. The van der Waals surface area contributed by atoms with Crippen LogP contribution in [0.25, 0.3) is 0 Å². The van der Waals surface area contributed by atoms with Gasteiger partial charge in [-0.05, 0) is 43.4 Å². The van der Waals surface area contributed by atoms with E-state index >= 15 is 0 Å². The molecule has 25 heavy (non-hydrogen) atoms. The van der Waals surface area contributed by atoms with Crippen LogP contribution in [0.2, 0.25) is 0 Å². The zero-order chi connectivity index (χ0) is 17.8. The third-order valence-electron chi connectivity index (χ3n) is 6.18. The van der Waals surface area contributed by atoms with Crippen LogP contribution in [0, 0.1) is 11.2 Å². The lowest BCUT2D eigenvalue weighted by molar-refractivity contribution is -0.136. The molecule has 1 saturated carbocycles. The molecule has 1 aromatic rings. The molecule has 1 saturated heterocycles. The van der Waals surface area contributed by atoms with Crippen molar-refractivity contribution in [1.82, 2.24) is 5.32 Å². The average molecular weight is 348 g/mol. The number of rotatable bonds is 5. The molecule has 5 heteroatoms. The predicted octanol–water partition coefficient (Wildman–Crippen LogP) is 2.90. The summed E-state index contributed by atoms with van der Waals surface area (Å²) >= 11 is 0. The van der Waals surface area contributed by atoms with Gasteiger partial charge in [0.05, 0.1) is 5.41 Å². The van der Waals surface area contributed by atoms with Crippen LogP contribution in [0.1, 0.15) is 50.5 Å². The van der Waals surface area contributed by atoms with Crippen LogP contribution in [-0.2, 0) is 14.9 Å². The van der Waals surface area contributed by atoms with Gasteiger partial charge in [-0.2, -0.15) is 0 Å². The molecule has 0 unspecified atom stereocenters. The maximum atomic E-state index is 13.3. The average Bonchev–Trinajstić information content (AvgIpc) is 2.68. The fourth-order valence-corrected chi connectivity index (χ4v) is 4.32. The van der Waals surface area contributed by atoms with Crippen LogP contribution in [0.3, 0.4) is 0 Å². The van der Waals surface area contributed by atoms with Crippen molar-refractivity contribution >= 4 is 5.91 Å². The molecule has 2 aliphatic rings. The largest absolute Gasteiger partial charge is 0.381 e. The molecule has 1 heterocycles. The monoisotopic (exact) mass is 348 g/mol. The quantitative estimate of drug-likeness (QED) is 0.860. The van der Waals surface area contributed by atoms with Gasteiger partial charge in [0.1, 0.15) is 5.82 Å². The first-order valence-electron chi connectivity index (χ1n) is 9.42. The van der Waals surface area contributed by atoms with E-state index in [0.717, 1.165) is 31.2 Å². The number of nitrogens with one attached hydrogen (secondary N) is 1. The van der Waals surface area contributed by atoms with Crippen LogP contribution >= 0.6 is 0 Å². The highest BCUT2D eigenvalue weighted by Crippen LogP contribution is 2.39. The number of hydrogen-bond acceptors (Lipinski definition) is 3. The summed E-state index contributed by atoms with van der Waals surface area (Å²) in [6.45, 7) is 2.13. The van der Waals surface area contributed by atoms with E-state index in [4.69, 9.17) is 10.5 Å². The van der Waals surface area contributed by atoms with Gasteiger partial charge in [0.2, 0.25) is 5.91 Å². The molecule has 2 fully saturated rings. The molecule has 1 aromatic carbocycles. The first-order valence-corrected chi connectivity index (χ1v) is 9.42. The van der Waals surface area contributed by atoms with E-state index in [1.54, 1.807) is 0 Å². The third-order valence-corrected chi connectivity index (χ3v) is 6.18. The van der Waals surface area contributed by atoms with Gasteiger partial charge in [-0.1, -0.05) is 31.4 Å². The van der Waals surface area contributed by atoms with Gasteiger partial charge in [-0.25, -0.2) is 4.39 Å². The molecule has 0 radical (unpaired) electrons. The van der Waals surface area contributed by atoms with E-state index in [2.05, 4.69) is 5.32 Å². The number of carbonyl (C=O) groups is 1. The Labute approximate surface area is 149 Å². The van der Waals surface area contributed by atoms with E-state index < -0.39 is 5.41 Å². The molecular weight excluding hydrogens is 319 g/mol. The molecule has 3 N–H and O–H groups in total. The molecular formula is C20H29FN2O2. The van der Waals surface area contributed by atoms with Gasteiger partial charge < -0.3 is 15.8 Å². The fourth-order valence-electron chi connectivity index (χ4n) is 4.32. The standard InChI is InChI=1S/C20H29FN2O2/c21-17-6-4-16(5-7-17)20(8-2-1-3-9-20)15-23-18(24)19(14-22)10-12-25-13-11-19/h4-7H,1-3,8-15,22H2,(H,23,24). The zero-order valence-corrected chi connectivity index (χ0v) is 14.9. The maximum absolute atomic E-state index is 13.3. The number of nitrogens with two attached hydrogens (primary N) is 1. The van der Waals surface area contributed by atoms with Gasteiger partial charge >= 0.3 is 0 Å². The van der Waals surface area contributed by atoms with Crippen LogP contribution in [0.4, 0.5) is 4.39 Å². The number of ether oxygens (including phenoxy) is 1. The van der Waals surface area contributed by atoms with Crippen LogP contribution in [0.15, 0.2) is 24.3 Å². The van der Waals surface area contributed by atoms with Gasteiger partial charge in [-0.3, -0.25) is 4.79 Å². The number of benzene rings is 1. The lowest BCUT2D eigenvalue weighted by Gasteiger charge is -2.40. The molecule has 1 aliphatic carbocycles. The highest BCUT2D eigenvalue weighted by atomic mass is 19.1. The predicted molar refractivity (Wildman–Crippen MR) is 95.7 cm³/mol. The summed E-state index contributed by atoms with van der Waals surface area (Å²) in [6, 6.07) is 6.79. The SMILES string of the molecule is NCC1(C(=O)NCC2(c3ccc(F)cc3)CCCCC2)CCOCC1. The van der Waals surface area contributed by atoms with E-state index in [1.165, 1.54) is 18.6 Å². The number of carbonyl (C=O) groups excluding carboxylic acids is 1. The minimum absolute atomic E-state index is 0.0466. The van der Waals surface area contributed by atoms with Gasteiger partial charge in [0, 0.05) is 31.7 Å². The molecule has 0 bridgehead atoms. The second-order valence-electron chi connectivity index (χ2n) is 7.63. The summed E-state index contributed by atoms with van der Waals surface area (Å²) in [6.07, 6.45) is 6.92. The summed E-state index contributed by atoms with van der Waals surface area (Å²) in [5.74, 6) is -0.173. The second-order valence-corrected chi connectivity index (χ2v) is 7.63. The van der Waals surface area contributed by atoms with Gasteiger partial charge in [0.25, 0.3) is 0 Å². The van der Waals surface area contributed by atoms with Crippen molar-refractivity contribution < 1.29 is 13.9 Å². The van der Waals surface area contributed by atoms with Crippen molar-refractivity contribution in [3.63, 3.8) is 0 Å². The number of halogens is 1. The normalized spacial score (nSPS) is 22.3. The van der Waals surface area contributed by atoms with Crippen LogP contribution < -0.4 is 11.1 Å². The summed E-state index contributed by atoms with van der Waals surface area (Å²) in [4.78, 5) is 12.9. The van der Waals surface area contributed by atoms with E-state index in [-0.39, 0.29) is 17.1 Å². The fraction of sp³-hybridized carbons (Fsp3) is 0.650. The molecule has 3 rings (SSSR count). The highest BCUT2D eigenvalue weighted by molar-refractivity contribution is 5.83. The lowest BCUT2D eigenvalue weighted by atomic mass is 9.69. The second kappa shape index (κ2) is 7.83. The Morgan fingerprint density at radius 3 is 2.32 bits per heavy atom. The zero-order valence-electron chi connectivity index (χ0n) is 14.9. The molecule has 0 spiro atoms. The summed E-state index contributed by atoms with van der Waals surface area (Å²) in [5, 5.41) is 3.20. The first-order chi connectivity index (χ1) is 12.1. The maximum Gasteiger partial charge on any atom is 0.227 e. The first kappa shape index (κ1) is 18.3.